The van der Waals surface area contributed by atoms with Gasteiger partial charge in [0.25, 0.3) is 0 Å². The minimum atomic E-state index is -0.402. The number of aryl methyl sites for hydroxylation is 2. The Hall–Kier alpha value is -2.40. The number of nitrogens with one attached hydrogen (secondary N) is 1. The van der Waals surface area contributed by atoms with Gasteiger partial charge in [-0.2, -0.15) is 0 Å². The Bertz CT molecular complexity index is 920. The smallest absolute Gasteiger partial charge is 0.128 e. The topological polar surface area (TPSA) is 52.6 Å². The number of fused-ring (bicyclic) bond motifs is 1. The van der Waals surface area contributed by atoms with Crippen molar-refractivity contribution in [1.29, 1.82) is 0 Å². The maximum Gasteiger partial charge on any atom is 0.128 e. The molecule has 0 aliphatic carbocycles. The molecule has 0 saturated heterocycles. The maximum absolute atomic E-state index is 14.3. The molecule has 0 bridgehead atoms. The molecule has 0 amide bonds. The summed E-state index contributed by atoms with van der Waals surface area (Å²) in [5, 5.41) is 14.0. The number of β-amino-alcohol motifs (C(OH)–C–C–N with tert-alkyl or cyclic N) is 1. The second kappa shape index (κ2) is 9.82. The van der Waals surface area contributed by atoms with Crippen molar-refractivity contribution in [3.05, 3.63) is 58.4 Å². The Morgan fingerprint density at radius 2 is 1.97 bits per heavy atom. The molecular formula is C26H35FN2O2. The van der Waals surface area contributed by atoms with E-state index in [1.54, 1.807) is 6.07 Å². The number of nitrogens with zero attached hydrogens (tertiary/aromatic N) is 1. The molecule has 1 aliphatic rings. The van der Waals surface area contributed by atoms with E-state index in [2.05, 4.69) is 50.0 Å². The van der Waals surface area contributed by atoms with Crippen LogP contribution in [-0.2, 0) is 24.2 Å². The van der Waals surface area contributed by atoms with E-state index < -0.39 is 6.10 Å². The Morgan fingerprint density at radius 3 is 2.65 bits per heavy atom. The number of halogens is 1. The molecule has 168 valence electrons. The summed E-state index contributed by atoms with van der Waals surface area (Å²) in [6.07, 6.45) is 3.32. The standard InChI is InChI=1S/C26H35FN2O2/c1-18-21(16-28-22-12-11-19(8-6-14-30)23(27)15-22)10-9-20-7-5-13-29(25(18)20)17-24(31)26(2,3)4/h9-12,14-15,24,28,31H,5-8,13,16-17H2,1-4H3. The largest absolute Gasteiger partial charge is 0.391 e. The zero-order valence-corrected chi connectivity index (χ0v) is 19.2. The first-order valence-electron chi connectivity index (χ1n) is 11.2. The molecule has 0 saturated carbocycles. The van der Waals surface area contributed by atoms with Gasteiger partial charge in [-0.3, -0.25) is 0 Å². The predicted molar refractivity (Wildman–Crippen MR) is 125 cm³/mol. The van der Waals surface area contributed by atoms with Crippen molar-refractivity contribution in [2.45, 2.75) is 66.0 Å². The van der Waals surface area contributed by atoms with Crippen molar-refractivity contribution < 1.29 is 14.3 Å². The van der Waals surface area contributed by atoms with E-state index >= 15 is 0 Å². The van der Waals surface area contributed by atoms with Crippen LogP contribution in [0.4, 0.5) is 15.8 Å². The first kappa shape index (κ1) is 23.3. The van der Waals surface area contributed by atoms with Crippen LogP contribution >= 0.6 is 0 Å². The molecule has 1 aliphatic heterocycles. The Morgan fingerprint density at radius 1 is 1.23 bits per heavy atom. The molecule has 0 fully saturated rings. The number of anilines is 2. The van der Waals surface area contributed by atoms with Crippen LogP contribution in [-0.4, -0.2) is 30.6 Å². The van der Waals surface area contributed by atoms with Gasteiger partial charge in [-0.25, -0.2) is 4.39 Å². The molecule has 1 heterocycles. The normalized spacial score (nSPS) is 14.8. The average molecular weight is 427 g/mol. The number of hydrogen-bond acceptors (Lipinski definition) is 4. The van der Waals surface area contributed by atoms with Crippen LogP contribution in [0.3, 0.4) is 0 Å². The van der Waals surface area contributed by atoms with Gasteiger partial charge in [0.15, 0.2) is 0 Å². The van der Waals surface area contributed by atoms with Crippen molar-refractivity contribution in [1.82, 2.24) is 0 Å². The van der Waals surface area contributed by atoms with Crippen LogP contribution in [0, 0.1) is 18.2 Å². The van der Waals surface area contributed by atoms with Crippen LogP contribution < -0.4 is 10.2 Å². The molecule has 0 aromatic heterocycles. The number of benzene rings is 2. The molecule has 2 aromatic rings. The lowest BCUT2D eigenvalue weighted by molar-refractivity contribution is -0.107. The summed E-state index contributed by atoms with van der Waals surface area (Å²) >= 11 is 0. The van der Waals surface area contributed by atoms with Crippen molar-refractivity contribution >= 4 is 17.7 Å². The van der Waals surface area contributed by atoms with Crippen molar-refractivity contribution in [3.8, 4) is 0 Å². The van der Waals surface area contributed by atoms with Gasteiger partial charge in [0.1, 0.15) is 12.1 Å². The van der Waals surface area contributed by atoms with Crippen LogP contribution in [0.2, 0.25) is 0 Å². The molecule has 31 heavy (non-hydrogen) atoms. The molecule has 2 N–H and O–H groups in total. The van der Waals surface area contributed by atoms with Crippen LogP contribution in [0.25, 0.3) is 0 Å². The summed E-state index contributed by atoms with van der Waals surface area (Å²) < 4.78 is 14.3. The van der Waals surface area contributed by atoms with Crippen molar-refractivity contribution in [3.63, 3.8) is 0 Å². The van der Waals surface area contributed by atoms with Gasteiger partial charge in [0.2, 0.25) is 0 Å². The fourth-order valence-electron chi connectivity index (χ4n) is 4.14. The fourth-order valence-corrected chi connectivity index (χ4v) is 4.14. The number of hydrogen-bond donors (Lipinski definition) is 2. The highest BCUT2D eigenvalue weighted by atomic mass is 19.1. The second-order valence-electron chi connectivity index (χ2n) is 9.65. The van der Waals surface area contributed by atoms with Crippen LogP contribution in [0.5, 0.6) is 0 Å². The second-order valence-corrected chi connectivity index (χ2v) is 9.65. The first-order chi connectivity index (χ1) is 14.7. The third-order valence-electron chi connectivity index (χ3n) is 6.28. The van der Waals surface area contributed by atoms with E-state index in [-0.39, 0.29) is 11.2 Å². The number of aliphatic hydroxyl groups is 1. The highest BCUT2D eigenvalue weighted by molar-refractivity contribution is 5.64. The van der Waals surface area contributed by atoms with Gasteiger partial charge in [0, 0.05) is 37.4 Å². The monoisotopic (exact) mass is 426 g/mol. The third-order valence-corrected chi connectivity index (χ3v) is 6.28. The quantitative estimate of drug-likeness (QED) is 0.581. The molecule has 1 unspecified atom stereocenters. The van der Waals surface area contributed by atoms with Crippen molar-refractivity contribution in [2.24, 2.45) is 5.41 Å². The summed E-state index contributed by atoms with van der Waals surface area (Å²) in [5.41, 5.74) is 6.09. The number of rotatable bonds is 8. The summed E-state index contributed by atoms with van der Waals surface area (Å²) in [4.78, 5) is 12.9. The van der Waals surface area contributed by atoms with E-state index in [9.17, 15) is 14.3 Å². The lowest BCUT2D eigenvalue weighted by Crippen LogP contribution is -2.42. The van der Waals surface area contributed by atoms with Gasteiger partial charge in [-0.1, -0.05) is 39.0 Å². The van der Waals surface area contributed by atoms with Gasteiger partial charge >= 0.3 is 0 Å². The third kappa shape index (κ3) is 5.65. The Labute approximate surface area is 185 Å². The van der Waals surface area contributed by atoms with E-state index in [0.717, 1.165) is 31.4 Å². The molecule has 0 radical (unpaired) electrons. The van der Waals surface area contributed by atoms with Gasteiger partial charge in [0.05, 0.1) is 6.10 Å². The van der Waals surface area contributed by atoms with E-state index in [4.69, 9.17) is 0 Å². The van der Waals surface area contributed by atoms with E-state index in [1.807, 2.05) is 6.07 Å². The summed E-state index contributed by atoms with van der Waals surface area (Å²) in [5.74, 6) is -0.281. The van der Waals surface area contributed by atoms with Crippen molar-refractivity contribution in [2.75, 3.05) is 23.3 Å². The number of aldehydes is 1. The molecule has 5 heteroatoms. The number of carbonyl (C=O) groups is 1. The first-order valence-corrected chi connectivity index (χ1v) is 11.2. The van der Waals surface area contributed by atoms with E-state index in [1.165, 1.54) is 28.4 Å². The zero-order valence-electron chi connectivity index (χ0n) is 19.2. The van der Waals surface area contributed by atoms with Gasteiger partial charge < -0.3 is 20.1 Å². The van der Waals surface area contributed by atoms with E-state index in [0.29, 0.717) is 31.5 Å². The van der Waals surface area contributed by atoms with Crippen LogP contribution in [0.15, 0.2) is 30.3 Å². The highest BCUT2D eigenvalue weighted by Gasteiger charge is 2.28. The maximum atomic E-state index is 14.3. The summed E-state index contributed by atoms with van der Waals surface area (Å²) in [7, 11) is 0. The lowest BCUT2D eigenvalue weighted by atomic mass is 9.87. The summed E-state index contributed by atoms with van der Waals surface area (Å²) in [6.45, 7) is 10.5. The predicted octanol–water partition coefficient (Wildman–Crippen LogP) is 5.04. The zero-order chi connectivity index (χ0) is 22.6. The molecule has 2 aromatic carbocycles. The van der Waals surface area contributed by atoms with Gasteiger partial charge in [-0.05, 0) is 66.0 Å². The minimum Gasteiger partial charge on any atom is -0.391 e. The Kier molecular flexibility index (Phi) is 7.37. The fraction of sp³-hybridized carbons (Fsp3) is 0.500. The average Bonchev–Trinajstić information content (AvgIpc) is 2.72. The summed E-state index contributed by atoms with van der Waals surface area (Å²) in [6, 6.07) is 9.46. The lowest BCUT2D eigenvalue weighted by Gasteiger charge is -2.38. The molecule has 4 nitrogen and oxygen atoms in total. The molecule has 3 rings (SSSR count). The minimum absolute atomic E-state index is 0.160. The molecule has 1 atom stereocenters. The molecule has 0 spiro atoms. The van der Waals surface area contributed by atoms with Gasteiger partial charge in [-0.15, -0.1) is 0 Å². The van der Waals surface area contributed by atoms with Crippen LogP contribution in [0.1, 0.15) is 55.9 Å². The number of carbonyl (C=O) groups excluding carboxylic acids is 1. The number of aliphatic hydroxyl groups excluding tert-OH is 1. The Balaban J connectivity index is 1.76. The SMILES string of the molecule is Cc1c(CNc2ccc(CCC=O)c(F)c2)ccc2c1N(CC(O)C(C)(C)C)CCC2. The highest BCUT2D eigenvalue weighted by Crippen LogP contribution is 2.34. The molecular weight excluding hydrogens is 391 g/mol.